The fourth-order valence-corrected chi connectivity index (χ4v) is 3.72. The van der Waals surface area contributed by atoms with Crippen molar-refractivity contribution in [2.75, 3.05) is 6.61 Å². The molecule has 0 aliphatic rings. The first-order valence-electron chi connectivity index (χ1n) is 9.74. The number of amides is 2. The average molecular weight is 550 g/mol. The number of halogens is 2. The molecule has 8 heteroatoms. The fourth-order valence-electron chi connectivity index (χ4n) is 2.73. The van der Waals surface area contributed by atoms with Crippen LogP contribution in [0.25, 0.3) is 10.8 Å². The van der Waals surface area contributed by atoms with Crippen LogP contribution in [0.3, 0.4) is 0 Å². The molecule has 0 aromatic heterocycles. The van der Waals surface area contributed by atoms with Gasteiger partial charge in [0.15, 0.2) is 6.61 Å². The first kappa shape index (κ1) is 23.1. The van der Waals surface area contributed by atoms with E-state index >= 15 is 0 Å². The number of rotatable bonds is 7. The summed E-state index contributed by atoms with van der Waals surface area (Å²) in [5, 5.41) is 2.00. The quantitative estimate of drug-likeness (QED) is 0.388. The predicted molar refractivity (Wildman–Crippen MR) is 127 cm³/mol. The van der Waals surface area contributed by atoms with Crippen molar-refractivity contribution in [1.29, 1.82) is 0 Å². The minimum Gasteiger partial charge on any atom is -0.491 e. The highest BCUT2D eigenvalue weighted by molar-refractivity contribution is 9.11. The predicted octanol–water partition coefficient (Wildman–Crippen LogP) is 5.38. The fraction of sp³-hybridized carbons (Fsp3) is 0.217. The highest BCUT2D eigenvalue weighted by atomic mass is 79.9. The number of hydrogen-bond acceptors (Lipinski definition) is 4. The maximum atomic E-state index is 12.2. The number of hydrogen-bond donors (Lipinski definition) is 2. The molecule has 0 saturated carbocycles. The number of nitrogens with one attached hydrogen (secondary N) is 2. The normalized spacial score (nSPS) is 11.6. The van der Waals surface area contributed by atoms with Gasteiger partial charge in [-0.05, 0) is 82.5 Å². The zero-order valence-electron chi connectivity index (χ0n) is 17.1. The van der Waals surface area contributed by atoms with Crippen LogP contribution in [-0.2, 0) is 4.79 Å². The van der Waals surface area contributed by atoms with Gasteiger partial charge in [0.2, 0.25) is 0 Å². The van der Waals surface area contributed by atoms with Crippen LogP contribution in [0.1, 0.15) is 30.6 Å². The Morgan fingerprint density at radius 1 is 1.00 bits per heavy atom. The van der Waals surface area contributed by atoms with E-state index in [1.165, 1.54) is 0 Å². The molecule has 162 valence electrons. The zero-order chi connectivity index (χ0) is 22.4. The van der Waals surface area contributed by atoms with Crippen LogP contribution in [0, 0.1) is 0 Å². The summed E-state index contributed by atoms with van der Waals surface area (Å²) in [4.78, 5) is 24.3. The van der Waals surface area contributed by atoms with Crippen LogP contribution in [0.15, 0.2) is 63.5 Å². The van der Waals surface area contributed by atoms with Gasteiger partial charge in [0.05, 0.1) is 10.6 Å². The molecule has 1 unspecified atom stereocenters. The number of carbonyl (C=O) groups is 2. The second-order valence-corrected chi connectivity index (χ2v) is 8.60. The van der Waals surface area contributed by atoms with Gasteiger partial charge in [-0.15, -0.1) is 0 Å². The monoisotopic (exact) mass is 548 g/mol. The maximum Gasteiger partial charge on any atom is 0.276 e. The highest BCUT2D eigenvalue weighted by Gasteiger charge is 2.11. The van der Waals surface area contributed by atoms with Crippen molar-refractivity contribution >= 4 is 54.4 Å². The lowest BCUT2D eigenvalue weighted by Gasteiger charge is -2.13. The summed E-state index contributed by atoms with van der Waals surface area (Å²) in [6, 6.07) is 16.3. The van der Waals surface area contributed by atoms with E-state index in [4.69, 9.17) is 9.47 Å². The largest absolute Gasteiger partial charge is 0.491 e. The Morgan fingerprint density at radius 3 is 2.45 bits per heavy atom. The molecule has 3 rings (SSSR count). The van der Waals surface area contributed by atoms with Crippen LogP contribution in [-0.4, -0.2) is 24.5 Å². The number of fused-ring (bicyclic) bond motifs is 1. The molecule has 0 fully saturated rings. The summed E-state index contributed by atoms with van der Waals surface area (Å²) in [6.45, 7) is 3.77. The molecule has 0 aliphatic carbocycles. The van der Waals surface area contributed by atoms with E-state index in [-0.39, 0.29) is 12.7 Å². The van der Waals surface area contributed by atoms with Crippen molar-refractivity contribution in [3.63, 3.8) is 0 Å². The van der Waals surface area contributed by atoms with Crippen molar-refractivity contribution in [1.82, 2.24) is 10.9 Å². The Kier molecular flexibility index (Phi) is 7.92. The summed E-state index contributed by atoms with van der Waals surface area (Å²) in [5.41, 5.74) is 5.14. The van der Waals surface area contributed by atoms with Crippen LogP contribution < -0.4 is 20.3 Å². The lowest BCUT2D eigenvalue weighted by Crippen LogP contribution is -2.43. The molecule has 0 saturated heterocycles. The Morgan fingerprint density at radius 2 is 1.74 bits per heavy atom. The van der Waals surface area contributed by atoms with Crippen LogP contribution in [0.4, 0.5) is 0 Å². The molecule has 0 bridgehead atoms. The molecule has 2 amide bonds. The van der Waals surface area contributed by atoms with E-state index in [9.17, 15) is 9.59 Å². The van der Waals surface area contributed by atoms with E-state index in [1.807, 2.05) is 38.1 Å². The summed E-state index contributed by atoms with van der Waals surface area (Å²) >= 11 is 6.97. The van der Waals surface area contributed by atoms with Gasteiger partial charge in [0.1, 0.15) is 11.5 Å². The highest BCUT2D eigenvalue weighted by Crippen LogP contribution is 2.34. The molecule has 0 aliphatic heterocycles. The third-order valence-corrected chi connectivity index (χ3v) is 5.89. The van der Waals surface area contributed by atoms with Crippen LogP contribution in [0.2, 0.25) is 0 Å². The second kappa shape index (κ2) is 10.6. The SMILES string of the molecule is CCC(C)Oc1ccc(C(=O)NNC(=O)COc2ccc3cc(Br)ccc3c2Br)cc1. The first-order chi connectivity index (χ1) is 14.9. The van der Waals surface area contributed by atoms with Gasteiger partial charge < -0.3 is 9.47 Å². The summed E-state index contributed by atoms with van der Waals surface area (Å²) < 4.78 is 13.0. The molecule has 3 aromatic carbocycles. The van der Waals surface area contributed by atoms with Gasteiger partial charge in [0, 0.05) is 10.0 Å². The standard InChI is InChI=1S/C23H22Br2N2O4/c1-3-14(2)31-18-8-4-15(5-9-18)23(29)27-26-21(28)13-30-20-11-6-16-12-17(24)7-10-19(16)22(20)25/h4-12,14H,3,13H2,1-2H3,(H,26,28)(H,27,29). The van der Waals surface area contributed by atoms with E-state index in [2.05, 4.69) is 42.7 Å². The average Bonchev–Trinajstić information content (AvgIpc) is 2.77. The van der Waals surface area contributed by atoms with Gasteiger partial charge >= 0.3 is 0 Å². The Labute approximate surface area is 197 Å². The van der Waals surface area contributed by atoms with Gasteiger partial charge in [0.25, 0.3) is 11.8 Å². The Hall–Kier alpha value is -2.58. The van der Waals surface area contributed by atoms with E-state index in [0.29, 0.717) is 17.1 Å². The van der Waals surface area contributed by atoms with Crippen molar-refractivity contribution in [2.24, 2.45) is 0 Å². The smallest absolute Gasteiger partial charge is 0.276 e. The third kappa shape index (κ3) is 6.21. The van der Waals surface area contributed by atoms with E-state index in [0.717, 1.165) is 26.1 Å². The van der Waals surface area contributed by atoms with Crippen molar-refractivity contribution in [2.45, 2.75) is 26.4 Å². The molecule has 0 spiro atoms. The summed E-state index contributed by atoms with van der Waals surface area (Å²) in [6.07, 6.45) is 0.993. The number of ether oxygens (including phenoxy) is 2. The topological polar surface area (TPSA) is 76.7 Å². The van der Waals surface area contributed by atoms with Gasteiger partial charge in [-0.2, -0.15) is 0 Å². The van der Waals surface area contributed by atoms with Gasteiger partial charge in [-0.3, -0.25) is 20.4 Å². The maximum absolute atomic E-state index is 12.2. The minimum atomic E-state index is -0.479. The van der Waals surface area contributed by atoms with E-state index < -0.39 is 11.8 Å². The van der Waals surface area contributed by atoms with Crippen LogP contribution >= 0.6 is 31.9 Å². The molecule has 6 nitrogen and oxygen atoms in total. The second-order valence-electron chi connectivity index (χ2n) is 6.90. The lowest BCUT2D eigenvalue weighted by atomic mass is 10.1. The zero-order valence-corrected chi connectivity index (χ0v) is 20.2. The van der Waals surface area contributed by atoms with Crippen molar-refractivity contribution < 1.29 is 19.1 Å². The van der Waals surface area contributed by atoms with Crippen molar-refractivity contribution in [3.8, 4) is 11.5 Å². The van der Waals surface area contributed by atoms with E-state index in [1.54, 1.807) is 30.3 Å². The number of benzene rings is 3. The molecular formula is C23H22Br2N2O4. The Balaban J connectivity index is 1.51. The van der Waals surface area contributed by atoms with Crippen LogP contribution in [0.5, 0.6) is 11.5 Å². The number of hydrazine groups is 1. The molecule has 3 aromatic rings. The van der Waals surface area contributed by atoms with Gasteiger partial charge in [-0.25, -0.2) is 0 Å². The minimum absolute atomic E-state index is 0.100. The molecule has 31 heavy (non-hydrogen) atoms. The molecule has 0 radical (unpaired) electrons. The molecule has 2 N–H and O–H groups in total. The first-order valence-corrected chi connectivity index (χ1v) is 11.3. The number of carbonyl (C=O) groups excluding carboxylic acids is 2. The lowest BCUT2D eigenvalue weighted by molar-refractivity contribution is -0.123. The molecule has 0 heterocycles. The molecular weight excluding hydrogens is 528 g/mol. The van der Waals surface area contributed by atoms with Crippen molar-refractivity contribution in [3.05, 3.63) is 69.1 Å². The third-order valence-electron chi connectivity index (χ3n) is 4.58. The summed E-state index contributed by atoms with van der Waals surface area (Å²) in [7, 11) is 0. The molecule has 1 atom stereocenters. The summed E-state index contributed by atoms with van der Waals surface area (Å²) in [5.74, 6) is 0.318. The van der Waals surface area contributed by atoms with Gasteiger partial charge in [-0.1, -0.05) is 35.0 Å². The Bertz CT molecular complexity index is 1090.